The van der Waals surface area contributed by atoms with Gasteiger partial charge in [-0.3, -0.25) is 4.79 Å². The summed E-state index contributed by atoms with van der Waals surface area (Å²) in [6.45, 7) is 1.55. The van der Waals surface area contributed by atoms with Crippen molar-refractivity contribution in [2.24, 2.45) is 5.92 Å². The summed E-state index contributed by atoms with van der Waals surface area (Å²) >= 11 is 0. The van der Waals surface area contributed by atoms with Crippen molar-refractivity contribution in [3.05, 3.63) is 51.8 Å². The third kappa shape index (κ3) is 3.45. The van der Waals surface area contributed by atoms with Crippen LogP contribution in [0.15, 0.2) is 27.4 Å². The number of hydrogen-bond donors (Lipinski definition) is 0. The van der Waals surface area contributed by atoms with Crippen molar-refractivity contribution >= 4 is 5.78 Å². The topological polar surface area (TPSA) is 74.3 Å². The SMILES string of the molecule is COCc1nn(C[C@@H](C)C(=O)c2ccc(F)c(F)c2)c(=O)o1. The summed E-state index contributed by atoms with van der Waals surface area (Å²) in [5.74, 6) is -3.83. The van der Waals surface area contributed by atoms with Gasteiger partial charge >= 0.3 is 5.76 Å². The highest BCUT2D eigenvalue weighted by Crippen LogP contribution is 2.14. The maximum Gasteiger partial charge on any atom is 0.437 e. The molecule has 0 N–H and O–H groups in total. The van der Waals surface area contributed by atoms with Gasteiger partial charge in [0.05, 0.1) is 6.54 Å². The largest absolute Gasteiger partial charge is 0.437 e. The van der Waals surface area contributed by atoms with Crippen molar-refractivity contribution in [2.75, 3.05) is 7.11 Å². The standard InChI is InChI=1S/C14H14F2N2O4/c1-8(6-18-14(20)22-12(17-18)7-21-2)13(19)9-3-4-10(15)11(16)5-9/h3-5,8H,6-7H2,1-2H3/t8-/m1/s1. The maximum atomic E-state index is 13.2. The van der Waals surface area contributed by atoms with E-state index in [1.165, 1.54) is 13.2 Å². The molecule has 2 aromatic rings. The molecule has 0 saturated carbocycles. The molecule has 1 aromatic heterocycles. The van der Waals surface area contributed by atoms with Gasteiger partial charge in [0.15, 0.2) is 17.4 Å². The highest BCUT2D eigenvalue weighted by molar-refractivity contribution is 5.97. The van der Waals surface area contributed by atoms with Crippen LogP contribution in [0.5, 0.6) is 0 Å². The van der Waals surface area contributed by atoms with Gasteiger partial charge in [-0.05, 0) is 18.2 Å². The molecule has 6 nitrogen and oxygen atoms in total. The Morgan fingerprint density at radius 3 is 2.77 bits per heavy atom. The van der Waals surface area contributed by atoms with Gasteiger partial charge < -0.3 is 9.15 Å². The number of halogens is 2. The predicted octanol–water partition coefficient (Wildman–Crippen LogP) is 1.78. The summed E-state index contributed by atoms with van der Waals surface area (Å²) < 4.78 is 36.6. The number of nitrogens with zero attached hydrogens (tertiary/aromatic N) is 2. The van der Waals surface area contributed by atoms with E-state index >= 15 is 0 Å². The van der Waals surface area contributed by atoms with Crippen LogP contribution in [0.1, 0.15) is 23.2 Å². The Morgan fingerprint density at radius 2 is 2.14 bits per heavy atom. The molecular formula is C14H14F2N2O4. The Labute approximate surface area is 124 Å². The number of ether oxygens (including phenoxy) is 1. The number of benzene rings is 1. The van der Waals surface area contributed by atoms with Crippen molar-refractivity contribution in [1.82, 2.24) is 9.78 Å². The van der Waals surface area contributed by atoms with Gasteiger partial charge in [-0.15, -0.1) is 5.10 Å². The second-order valence-electron chi connectivity index (χ2n) is 4.77. The van der Waals surface area contributed by atoms with Crippen LogP contribution in [0, 0.1) is 17.6 Å². The number of carbonyl (C=O) groups excluding carboxylic acids is 1. The van der Waals surface area contributed by atoms with Gasteiger partial charge in [0.25, 0.3) is 0 Å². The fourth-order valence-corrected chi connectivity index (χ4v) is 1.92. The van der Waals surface area contributed by atoms with E-state index in [0.29, 0.717) is 0 Å². The van der Waals surface area contributed by atoms with Gasteiger partial charge in [-0.25, -0.2) is 13.6 Å². The van der Waals surface area contributed by atoms with E-state index in [1.807, 2.05) is 0 Å². The van der Waals surface area contributed by atoms with E-state index in [9.17, 15) is 18.4 Å². The van der Waals surface area contributed by atoms with Crippen LogP contribution >= 0.6 is 0 Å². The summed E-state index contributed by atoms with van der Waals surface area (Å²) in [6.07, 6.45) is 0. The van der Waals surface area contributed by atoms with Crippen molar-refractivity contribution in [3.8, 4) is 0 Å². The first-order chi connectivity index (χ1) is 10.4. The van der Waals surface area contributed by atoms with Crippen LogP contribution < -0.4 is 5.76 Å². The minimum Gasteiger partial charge on any atom is -0.390 e. The lowest BCUT2D eigenvalue weighted by atomic mass is 9.99. The van der Waals surface area contributed by atoms with Crippen molar-refractivity contribution in [1.29, 1.82) is 0 Å². The van der Waals surface area contributed by atoms with Gasteiger partial charge in [-0.2, -0.15) is 4.68 Å². The maximum absolute atomic E-state index is 13.2. The smallest absolute Gasteiger partial charge is 0.390 e. The Kier molecular flexibility index (Phi) is 4.81. The summed E-state index contributed by atoms with van der Waals surface area (Å²) in [5.41, 5.74) is 0.0278. The average Bonchev–Trinajstić information content (AvgIpc) is 2.81. The minimum absolute atomic E-state index is 0.0278. The van der Waals surface area contributed by atoms with Crippen LogP contribution in [0.3, 0.4) is 0 Å². The third-order valence-electron chi connectivity index (χ3n) is 3.01. The molecule has 1 atom stereocenters. The molecule has 22 heavy (non-hydrogen) atoms. The molecule has 0 amide bonds. The lowest BCUT2D eigenvalue weighted by Gasteiger charge is -2.09. The Bertz CT molecular complexity index is 739. The molecule has 118 valence electrons. The fourth-order valence-electron chi connectivity index (χ4n) is 1.92. The zero-order valence-corrected chi connectivity index (χ0v) is 12.0. The molecule has 1 heterocycles. The molecule has 0 spiro atoms. The number of hydrogen-bond acceptors (Lipinski definition) is 5. The number of Topliss-reactive ketones (excluding diaryl/α,β-unsaturated/α-hetero) is 1. The molecule has 0 bridgehead atoms. The molecular weight excluding hydrogens is 298 g/mol. The number of rotatable bonds is 6. The van der Waals surface area contributed by atoms with E-state index < -0.39 is 29.1 Å². The molecule has 0 radical (unpaired) electrons. The number of carbonyl (C=O) groups is 1. The highest BCUT2D eigenvalue weighted by atomic mass is 19.2. The van der Waals surface area contributed by atoms with Crippen molar-refractivity contribution < 1.29 is 22.7 Å². The quantitative estimate of drug-likeness (QED) is 0.760. The summed E-state index contributed by atoms with van der Waals surface area (Å²) in [7, 11) is 1.42. The van der Waals surface area contributed by atoms with E-state index in [1.54, 1.807) is 6.92 Å². The number of aromatic nitrogens is 2. The normalized spacial score (nSPS) is 12.4. The lowest BCUT2D eigenvalue weighted by molar-refractivity contribution is 0.0913. The molecule has 0 aliphatic carbocycles. The van der Waals surface area contributed by atoms with Crippen LogP contribution in [0.25, 0.3) is 0 Å². The zero-order chi connectivity index (χ0) is 16.3. The number of ketones is 1. The van der Waals surface area contributed by atoms with Crippen LogP contribution in [0.4, 0.5) is 8.78 Å². The van der Waals surface area contributed by atoms with E-state index in [-0.39, 0.29) is 24.6 Å². The van der Waals surface area contributed by atoms with Crippen LogP contribution in [-0.4, -0.2) is 22.7 Å². The fraction of sp³-hybridized carbons (Fsp3) is 0.357. The first-order valence-corrected chi connectivity index (χ1v) is 6.47. The highest BCUT2D eigenvalue weighted by Gasteiger charge is 2.20. The summed E-state index contributed by atoms with van der Waals surface area (Å²) in [5, 5.41) is 3.87. The molecule has 0 saturated heterocycles. The second-order valence-corrected chi connectivity index (χ2v) is 4.77. The number of methoxy groups -OCH3 is 1. The third-order valence-corrected chi connectivity index (χ3v) is 3.01. The lowest BCUT2D eigenvalue weighted by Crippen LogP contribution is -2.25. The van der Waals surface area contributed by atoms with Crippen LogP contribution in [0.2, 0.25) is 0 Å². The van der Waals surface area contributed by atoms with Crippen molar-refractivity contribution in [2.45, 2.75) is 20.1 Å². The van der Waals surface area contributed by atoms with Gasteiger partial charge in [0, 0.05) is 18.6 Å². The van der Waals surface area contributed by atoms with Gasteiger partial charge in [0.1, 0.15) is 6.61 Å². The summed E-state index contributed by atoms with van der Waals surface area (Å²) in [4.78, 5) is 23.7. The molecule has 0 unspecified atom stereocenters. The second kappa shape index (κ2) is 6.61. The first-order valence-electron chi connectivity index (χ1n) is 6.47. The van der Waals surface area contributed by atoms with E-state index in [0.717, 1.165) is 16.8 Å². The molecule has 0 aliphatic rings. The minimum atomic E-state index is -1.10. The Hall–Kier alpha value is -2.35. The molecule has 1 aromatic carbocycles. The van der Waals surface area contributed by atoms with Gasteiger partial charge in [0.2, 0.25) is 5.89 Å². The predicted molar refractivity (Wildman–Crippen MR) is 71.3 cm³/mol. The van der Waals surface area contributed by atoms with Crippen molar-refractivity contribution in [3.63, 3.8) is 0 Å². The molecule has 2 rings (SSSR count). The summed E-state index contributed by atoms with van der Waals surface area (Å²) in [6, 6.07) is 2.91. The zero-order valence-electron chi connectivity index (χ0n) is 12.0. The first kappa shape index (κ1) is 16.0. The van der Waals surface area contributed by atoms with E-state index in [4.69, 9.17) is 9.15 Å². The Balaban J connectivity index is 2.14. The molecule has 0 fully saturated rings. The monoisotopic (exact) mass is 312 g/mol. The van der Waals surface area contributed by atoms with Gasteiger partial charge in [-0.1, -0.05) is 6.92 Å². The molecule has 0 aliphatic heterocycles. The van der Waals surface area contributed by atoms with E-state index in [2.05, 4.69) is 5.10 Å². The van der Waals surface area contributed by atoms with Crippen LogP contribution in [-0.2, 0) is 17.9 Å². The average molecular weight is 312 g/mol. The molecule has 8 heteroatoms. The Morgan fingerprint density at radius 1 is 1.41 bits per heavy atom.